The number of methoxy groups -OCH3 is 1. The van der Waals surface area contributed by atoms with Crippen molar-refractivity contribution in [1.82, 2.24) is 4.31 Å². The Hall–Kier alpha value is -2.75. The zero-order valence-electron chi connectivity index (χ0n) is 12.8. The molecule has 1 aliphatic rings. The van der Waals surface area contributed by atoms with Gasteiger partial charge in [0.25, 0.3) is 0 Å². The van der Waals surface area contributed by atoms with E-state index in [9.17, 15) is 22.4 Å². The van der Waals surface area contributed by atoms with Gasteiger partial charge in [-0.2, -0.15) is 8.42 Å². The van der Waals surface area contributed by atoms with Gasteiger partial charge in [-0.15, -0.1) is 4.40 Å². The van der Waals surface area contributed by atoms with E-state index < -0.39 is 34.4 Å². The Kier molecular flexibility index (Phi) is 4.98. The molecule has 0 fully saturated rings. The van der Waals surface area contributed by atoms with Gasteiger partial charge in [0, 0.05) is 11.9 Å². The van der Waals surface area contributed by atoms with Gasteiger partial charge in [0.05, 0.1) is 18.4 Å². The topological polar surface area (TPSA) is 105 Å². The second-order valence-electron chi connectivity index (χ2n) is 4.79. The van der Waals surface area contributed by atoms with Crippen molar-refractivity contribution in [2.75, 3.05) is 19.0 Å². The van der Waals surface area contributed by atoms with Crippen molar-refractivity contribution in [3.8, 4) is 0 Å². The van der Waals surface area contributed by atoms with Gasteiger partial charge in [-0.25, -0.2) is 13.5 Å². The number of nitrogens with one attached hydrogen (secondary N) is 1. The summed E-state index contributed by atoms with van der Waals surface area (Å²) in [6.45, 7) is 0.743. The molecule has 1 heterocycles. The molecule has 0 saturated carbocycles. The fourth-order valence-corrected chi connectivity index (χ4v) is 2.96. The largest absolute Gasteiger partial charge is 0.465 e. The molecule has 1 aromatic carbocycles. The molecule has 0 radical (unpaired) electrons. The smallest absolute Gasteiger partial charge is 0.344 e. The van der Waals surface area contributed by atoms with Crippen LogP contribution in [0.15, 0.2) is 40.4 Å². The standard InChI is InChI=1S/C14H14FN3O5S/c1-9-12(14(20)23-2)7-18(24(21,22)17-9)8-13(19)16-11-5-3-10(15)4-6-11/h3-7H,8H2,1-2H3,(H,16,19). The highest BCUT2D eigenvalue weighted by atomic mass is 32.2. The van der Waals surface area contributed by atoms with Crippen LogP contribution in [0.1, 0.15) is 6.92 Å². The third-order valence-corrected chi connectivity index (χ3v) is 4.38. The SMILES string of the molecule is COC(=O)C1=CN(CC(=O)Nc2ccc(F)cc2)S(=O)(=O)N=C1C. The quantitative estimate of drug-likeness (QED) is 0.806. The minimum absolute atomic E-state index is 0.0305. The second kappa shape index (κ2) is 6.79. The molecule has 128 valence electrons. The molecule has 0 bridgehead atoms. The lowest BCUT2D eigenvalue weighted by Gasteiger charge is -2.22. The van der Waals surface area contributed by atoms with Crippen LogP contribution in [-0.4, -0.2) is 44.0 Å². The third-order valence-electron chi connectivity index (χ3n) is 3.04. The number of ether oxygens (including phenoxy) is 1. The molecule has 1 aromatic rings. The summed E-state index contributed by atoms with van der Waals surface area (Å²) >= 11 is 0. The van der Waals surface area contributed by atoms with Gasteiger partial charge in [0.15, 0.2) is 0 Å². The summed E-state index contributed by atoms with van der Waals surface area (Å²) in [6.07, 6.45) is 0.994. The van der Waals surface area contributed by atoms with Crippen LogP contribution in [0.5, 0.6) is 0 Å². The minimum Gasteiger partial charge on any atom is -0.465 e. The van der Waals surface area contributed by atoms with Gasteiger partial charge in [0.1, 0.15) is 12.4 Å². The first-order valence-corrected chi connectivity index (χ1v) is 8.07. The van der Waals surface area contributed by atoms with Crippen LogP contribution in [0.3, 0.4) is 0 Å². The third kappa shape index (κ3) is 3.96. The van der Waals surface area contributed by atoms with E-state index in [4.69, 9.17) is 0 Å². The molecule has 24 heavy (non-hydrogen) atoms. The van der Waals surface area contributed by atoms with Crippen LogP contribution >= 0.6 is 0 Å². The van der Waals surface area contributed by atoms with Crippen LogP contribution < -0.4 is 5.32 Å². The first-order chi connectivity index (χ1) is 11.2. The van der Waals surface area contributed by atoms with Crippen molar-refractivity contribution in [2.24, 2.45) is 4.40 Å². The van der Waals surface area contributed by atoms with Crippen molar-refractivity contribution in [1.29, 1.82) is 0 Å². The fraction of sp³-hybridized carbons (Fsp3) is 0.214. The van der Waals surface area contributed by atoms with E-state index in [1.807, 2.05) is 0 Å². The van der Waals surface area contributed by atoms with E-state index in [0.29, 0.717) is 9.99 Å². The molecule has 10 heteroatoms. The maximum absolute atomic E-state index is 12.8. The van der Waals surface area contributed by atoms with Gasteiger partial charge in [-0.1, -0.05) is 0 Å². The summed E-state index contributed by atoms with van der Waals surface area (Å²) in [4.78, 5) is 23.6. The highest BCUT2D eigenvalue weighted by Gasteiger charge is 2.29. The summed E-state index contributed by atoms with van der Waals surface area (Å²) in [7, 11) is -2.98. The number of rotatable bonds is 4. The molecule has 0 aromatic heterocycles. The maximum atomic E-state index is 12.8. The van der Waals surface area contributed by atoms with E-state index >= 15 is 0 Å². The van der Waals surface area contributed by atoms with Crippen molar-refractivity contribution in [2.45, 2.75) is 6.92 Å². The van der Waals surface area contributed by atoms with E-state index in [1.54, 1.807) is 0 Å². The number of benzene rings is 1. The van der Waals surface area contributed by atoms with Crippen LogP contribution in [0.25, 0.3) is 0 Å². The summed E-state index contributed by atoms with van der Waals surface area (Å²) in [5, 5.41) is 2.42. The Balaban J connectivity index is 2.17. The summed E-state index contributed by atoms with van der Waals surface area (Å²) in [5.41, 5.74) is 0.201. The van der Waals surface area contributed by atoms with Crippen LogP contribution in [0, 0.1) is 5.82 Å². The first-order valence-electron chi connectivity index (χ1n) is 6.67. The lowest BCUT2D eigenvalue weighted by atomic mass is 10.2. The monoisotopic (exact) mass is 355 g/mol. The summed E-state index contributed by atoms with van der Waals surface area (Å²) in [6, 6.07) is 4.96. The number of anilines is 1. The Morgan fingerprint density at radius 1 is 1.29 bits per heavy atom. The predicted octanol–water partition coefficient (Wildman–Crippen LogP) is 0.842. The Morgan fingerprint density at radius 3 is 2.50 bits per heavy atom. The number of hydrogen-bond acceptors (Lipinski definition) is 5. The van der Waals surface area contributed by atoms with Crippen LogP contribution in [-0.2, 0) is 24.5 Å². The number of carbonyl (C=O) groups excluding carboxylic acids is 2. The molecular weight excluding hydrogens is 341 g/mol. The number of amides is 1. The molecule has 2 rings (SSSR count). The molecule has 0 atom stereocenters. The van der Waals surface area contributed by atoms with Crippen molar-refractivity contribution >= 4 is 33.5 Å². The van der Waals surface area contributed by atoms with Gasteiger partial charge < -0.3 is 10.1 Å². The van der Waals surface area contributed by atoms with Gasteiger partial charge in [0.2, 0.25) is 5.91 Å². The van der Waals surface area contributed by atoms with Gasteiger partial charge >= 0.3 is 16.2 Å². The predicted molar refractivity (Wildman–Crippen MR) is 83.9 cm³/mol. The highest BCUT2D eigenvalue weighted by Crippen LogP contribution is 2.17. The highest BCUT2D eigenvalue weighted by molar-refractivity contribution is 7.88. The molecule has 8 nitrogen and oxygen atoms in total. The molecule has 1 N–H and O–H groups in total. The zero-order chi connectivity index (χ0) is 17.9. The number of esters is 1. The number of hydrogen-bond donors (Lipinski definition) is 1. The van der Waals surface area contributed by atoms with Crippen LogP contribution in [0.4, 0.5) is 10.1 Å². The lowest BCUT2D eigenvalue weighted by molar-refractivity contribution is -0.135. The Morgan fingerprint density at radius 2 is 1.92 bits per heavy atom. The molecule has 0 aliphatic carbocycles. The Bertz CT molecular complexity index is 830. The van der Waals surface area contributed by atoms with Gasteiger partial charge in [-0.3, -0.25) is 4.79 Å². The van der Waals surface area contributed by atoms with Crippen molar-refractivity contribution in [3.05, 3.63) is 41.9 Å². The van der Waals surface area contributed by atoms with E-state index in [-0.39, 0.29) is 11.3 Å². The molecular formula is C14H14FN3O5S. The Labute approximate surface area is 137 Å². The normalized spacial score (nSPS) is 16.0. The average molecular weight is 355 g/mol. The number of nitrogens with zero attached hydrogens (tertiary/aromatic N) is 2. The number of halogens is 1. The van der Waals surface area contributed by atoms with Crippen LogP contribution in [0.2, 0.25) is 0 Å². The van der Waals surface area contributed by atoms with E-state index in [1.165, 1.54) is 19.1 Å². The lowest BCUT2D eigenvalue weighted by Crippen LogP contribution is -2.37. The van der Waals surface area contributed by atoms with E-state index in [0.717, 1.165) is 25.4 Å². The summed E-state index contributed by atoms with van der Waals surface area (Å²) in [5.74, 6) is -1.92. The summed E-state index contributed by atoms with van der Waals surface area (Å²) < 4.78 is 45.4. The number of carbonyl (C=O) groups is 2. The van der Waals surface area contributed by atoms with Crippen molar-refractivity contribution < 1.29 is 27.1 Å². The molecule has 1 aliphatic heterocycles. The zero-order valence-corrected chi connectivity index (χ0v) is 13.6. The fourth-order valence-electron chi connectivity index (χ4n) is 1.89. The molecule has 0 saturated heterocycles. The molecule has 1 amide bonds. The maximum Gasteiger partial charge on any atom is 0.344 e. The minimum atomic E-state index is -4.13. The van der Waals surface area contributed by atoms with Gasteiger partial charge in [-0.05, 0) is 31.2 Å². The molecule has 0 unspecified atom stereocenters. The first kappa shape index (κ1) is 17.6. The average Bonchev–Trinajstić information content (AvgIpc) is 2.51. The molecule has 0 spiro atoms. The van der Waals surface area contributed by atoms with E-state index in [2.05, 4.69) is 14.5 Å². The van der Waals surface area contributed by atoms with Crippen molar-refractivity contribution in [3.63, 3.8) is 0 Å². The second-order valence-corrected chi connectivity index (χ2v) is 6.34.